The minimum absolute atomic E-state index is 0.447. The van der Waals surface area contributed by atoms with Gasteiger partial charge in [0.25, 0.3) is 0 Å². The molecule has 0 aliphatic rings. The molecule has 0 aromatic rings. The lowest BCUT2D eigenvalue weighted by atomic mass is 10.5. The van der Waals surface area contributed by atoms with Gasteiger partial charge in [-0.3, -0.25) is 0 Å². The highest BCUT2D eigenvalue weighted by molar-refractivity contribution is 5.88. The van der Waals surface area contributed by atoms with Gasteiger partial charge in [0.05, 0.1) is 5.97 Å². The molecule has 0 spiro atoms. The van der Waals surface area contributed by atoms with Crippen molar-refractivity contribution in [3.05, 3.63) is 12.2 Å². The molecule has 0 fully saturated rings. The van der Waals surface area contributed by atoms with Crippen molar-refractivity contribution < 1.29 is 19.8 Å². The molecule has 4 nitrogen and oxygen atoms in total. The summed E-state index contributed by atoms with van der Waals surface area (Å²) in [4.78, 5) is 19.0. The summed E-state index contributed by atoms with van der Waals surface area (Å²) in [6.45, 7) is 0. The number of rotatable bonds is 2. The Labute approximate surface area is 45.1 Å². The molecule has 4 heteroatoms. The molecule has 44 valence electrons. The van der Waals surface area contributed by atoms with Crippen LogP contribution in [-0.4, -0.2) is 17.0 Å². The molecule has 0 rings (SSSR count). The Balaban J connectivity index is 3.67. The molecule has 0 bridgehead atoms. The van der Waals surface area contributed by atoms with Gasteiger partial charge >= 0.3 is 5.97 Å². The fourth-order valence-corrected chi connectivity index (χ4v) is 0.139. The van der Waals surface area contributed by atoms with Crippen molar-refractivity contribution >= 4 is 11.9 Å². The van der Waals surface area contributed by atoms with Crippen LogP contribution in [0.1, 0.15) is 0 Å². The van der Waals surface area contributed by atoms with Crippen LogP contribution in [-0.2, 0) is 9.59 Å². The van der Waals surface area contributed by atoms with Gasteiger partial charge in [-0.25, -0.2) is 4.79 Å². The molecule has 0 amide bonds. The Hall–Kier alpha value is -1.32. The summed E-state index contributed by atoms with van der Waals surface area (Å²) in [5, 5.41) is 17.2. The molecule has 8 heavy (non-hydrogen) atoms. The molecule has 0 saturated carbocycles. The van der Waals surface area contributed by atoms with Crippen LogP contribution in [0.15, 0.2) is 12.2 Å². The van der Waals surface area contributed by atoms with Crippen LogP contribution < -0.4 is 5.11 Å². The molecule has 1 N–H and O–H groups in total. The van der Waals surface area contributed by atoms with Crippen LogP contribution in [0.4, 0.5) is 0 Å². The van der Waals surface area contributed by atoms with Gasteiger partial charge in [0.2, 0.25) is 0 Å². The summed E-state index contributed by atoms with van der Waals surface area (Å²) in [7, 11) is 0. The van der Waals surface area contributed by atoms with Crippen LogP contribution in [0.5, 0.6) is 0 Å². The molecule has 0 saturated heterocycles. The molecular weight excluding hydrogens is 112 g/mol. The van der Waals surface area contributed by atoms with Crippen LogP contribution in [0.25, 0.3) is 0 Å². The fraction of sp³-hybridized carbons (Fsp3) is 0. The zero-order valence-corrected chi connectivity index (χ0v) is 3.83. The Morgan fingerprint density at radius 1 is 1.38 bits per heavy atom. The first-order valence-corrected chi connectivity index (χ1v) is 1.75. The van der Waals surface area contributed by atoms with E-state index in [4.69, 9.17) is 5.11 Å². The molecule has 0 radical (unpaired) electrons. The fourth-order valence-electron chi connectivity index (χ4n) is 0.139. The molecule has 0 atom stereocenters. The van der Waals surface area contributed by atoms with E-state index in [1.807, 2.05) is 0 Å². The second kappa shape index (κ2) is 2.79. The molecule has 0 aliphatic carbocycles. The number of carboxylic acids is 2. The highest BCUT2D eigenvalue weighted by Gasteiger charge is 1.81. The third-order valence-electron chi connectivity index (χ3n) is 0.362. The van der Waals surface area contributed by atoms with E-state index in [2.05, 4.69) is 0 Å². The highest BCUT2D eigenvalue weighted by atomic mass is 16.4. The lowest BCUT2D eigenvalue weighted by Crippen LogP contribution is -2.19. The molecular formula is C4H3O4-. The number of carboxylic acid groups (broad SMARTS) is 2. The average molecular weight is 115 g/mol. The van der Waals surface area contributed by atoms with Gasteiger partial charge in [0, 0.05) is 6.08 Å². The van der Waals surface area contributed by atoms with Gasteiger partial charge in [0.15, 0.2) is 0 Å². The third-order valence-corrected chi connectivity index (χ3v) is 0.362. The van der Waals surface area contributed by atoms with E-state index in [0.717, 1.165) is 0 Å². The van der Waals surface area contributed by atoms with Gasteiger partial charge in [-0.15, -0.1) is 0 Å². The SMILES string of the molecule is O=C([O-])/C=C/C(=O)O. The van der Waals surface area contributed by atoms with E-state index in [-0.39, 0.29) is 0 Å². The Kier molecular flexibility index (Phi) is 2.33. The molecule has 0 aromatic heterocycles. The van der Waals surface area contributed by atoms with E-state index < -0.39 is 11.9 Å². The van der Waals surface area contributed by atoms with Crippen molar-refractivity contribution in [1.29, 1.82) is 0 Å². The zero-order chi connectivity index (χ0) is 6.57. The summed E-state index contributed by atoms with van der Waals surface area (Å²) in [5.41, 5.74) is 0. The van der Waals surface area contributed by atoms with Crippen molar-refractivity contribution in [1.82, 2.24) is 0 Å². The molecule has 0 aliphatic heterocycles. The van der Waals surface area contributed by atoms with Crippen LogP contribution in [0.3, 0.4) is 0 Å². The highest BCUT2D eigenvalue weighted by Crippen LogP contribution is 1.67. The Morgan fingerprint density at radius 3 is 2.00 bits per heavy atom. The van der Waals surface area contributed by atoms with Crippen LogP contribution in [0.2, 0.25) is 0 Å². The Morgan fingerprint density at radius 2 is 1.88 bits per heavy atom. The lowest BCUT2D eigenvalue weighted by Gasteiger charge is -1.85. The summed E-state index contributed by atoms with van der Waals surface area (Å²) in [6, 6.07) is 0. The maximum atomic E-state index is 9.53. The maximum Gasteiger partial charge on any atom is 0.328 e. The first-order valence-electron chi connectivity index (χ1n) is 1.75. The van der Waals surface area contributed by atoms with Gasteiger partial charge in [-0.1, -0.05) is 0 Å². The predicted octanol–water partition coefficient (Wildman–Crippen LogP) is -1.62. The second-order valence-electron chi connectivity index (χ2n) is 0.991. The quantitative estimate of drug-likeness (QED) is 0.438. The number of aliphatic carboxylic acids is 2. The van der Waals surface area contributed by atoms with Gasteiger partial charge in [-0.2, -0.15) is 0 Å². The van der Waals surface area contributed by atoms with E-state index in [9.17, 15) is 14.7 Å². The first kappa shape index (κ1) is 6.68. The second-order valence-corrected chi connectivity index (χ2v) is 0.991. The van der Waals surface area contributed by atoms with E-state index in [1.165, 1.54) is 0 Å². The normalized spacial score (nSPS) is 9.50. The first-order chi connectivity index (χ1) is 3.63. The minimum atomic E-state index is -1.51. The standard InChI is InChI=1S/C4H4O4/c5-3(6)1-2-4(7)8/h1-2H,(H,5,6)(H,7,8)/p-1/b2-1+. The summed E-state index contributed by atoms with van der Waals surface area (Å²) in [6.07, 6.45) is 0.942. The number of carbonyl (C=O) groups is 2. The van der Waals surface area contributed by atoms with Gasteiger partial charge in [-0.05, 0) is 6.08 Å². The predicted molar refractivity (Wildman–Crippen MR) is 21.8 cm³/mol. The lowest BCUT2D eigenvalue weighted by molar-refractivity contribution is -0.297. The molecule has 0 heterocycles. The van der Waals surface area contributed by atoms with Crippen molar-refractivity contribution in [2.45, 2.75) is 0 Å². The monoisotopic (exact) mass is 115 g/mol. The van der Waals surface area contributed by atoms with Crippen molar-refractivity contribution in [3.8, 4) is 0 Å². The smallest absolute Gasteiger partial charge is 0.328 e. The average Bonchev–Trinajstić information content (AvgIpc) is 1.61. The van der Waals surface area contributed by atoms with Crippen molar-refractivity contribution in [2.24, 2.45) is 0 Å². The summed E-state index contributed by atoms with van der Waals surface area (Å²) < 4.78 is 0. The van der Waals surface area contributed by atoms with Crippen molar-refractivity contribution in [2.75, 3.05) is 0 Å². The maximum absolute atomic E-state index is 9.53. The minimum Gasteiger partial charge on any atom is -0.545 e. The van der Waals surface area contributed by atoms with Gasteiger partial charge in [0.1, 0.15) is 0 Å². The third kappa shape index (κ3) is 4.68. The number of hydrogen-bond acceptors (Lipinski definition) is 3. The number of carbonyl (C=O) groups excluding carboxylic acids is 1. The largest absolute Gasteiger partial charge is 0.545 e. The van der Waals surface area contributed by atoms with E-state index in [0.29, 0.717) is 12.2 Å². The molecule has 0 unspecified atom stereocenters. The van der Waals surface area contributed by atoms with Gasteiger partial charge < -0.3 is 15.0 Å². The van der Waals surface area contributed by atoms with E-state index in [1.54, 1.807) is 0 Å². The zero-order valence-electron chi connectivity index (χ0n) is 3.83. The Bertz CT molecular complexity index is 119. The van der Waals surface area contributed by atoms with Crippen molar-refractivity contribution in [3.63, 3.8) is 0 Å². The number of hydrogen-bond donors (Lipinski definition) is 1. The van der Waals surface area contributed by atoms with Crippen LogP contribution in [0, 0.1) is 0 Å². The summed E-state index contributed by atoms with van der Waals surface area (Å²) in [5.74, 6) is -2.80. The molecule has 0 aromatic carbocycles. The summed E-state index contributed by atoms with van der Waals surface area (Å²) >= 11 is 0. The topological polar surface area (TPSA) is 77.4 Å². The van der Waals surface area contributed by atoms with E-state index >= 15 is 0 Å². The van der Waals surface area contributed by atoms with Crippen LogP contribution >= 0.6 is 0 Å².